The number of benzene rings is 1. The van der Waals surface area contributed by atoms with E-state index in [-0.39, 0.29) is 47.0 Å². The highest BCUT2D eigenvalue weighted by atomic mass is 16.6. The molecule has 1 aliphatic carbocycles. The normalized spacial score (nSPS) is 24.0. The van der Waals surface area contributed by atoms with Crippen LogP contribution in [0.2, 0.25) is 0 Å². The van der Waals surface area contributed by atoms with Crippen molar-refractivity contribution in [3.8, 4) is 11.5 Å². The monoisotopic (exact) mass is 304 g/mol. The highest BCUT2D eigenvalue weighted by molar-refractivity contribution is 6.28. The van der Waals surface area contributed by atoms with Gasteiger partial charge in [0.2, 0.25) is 0 Å². The van der Waals surface area contributed by atoms with Crippen molar-refractivity contribution >= 4 is 11.6 Å². The Morgan fingerprint density at radius 2 is 1.86 bits per heavy atom. The summed E-state index contributed by atoms with van der Waals surface area (Å²) in [6, 6.07) is 3.08. The van der Waals surface area contributed by atoms with E-state index in [9.17, 15) is 14.7 Å². The first kappa shape index (κ1) is 14.7. The van der Waals surface area contributed by atoms with Crippen molar-refractivity contribution in [1.29, 1.82) is 0 Å². The van der Waals surface area contributed by atoms with E-state index in [4.69, 9.17) is 14.2 Å². The second-order valence-corrected chi connectivity index (χ2v) is 5.51. The topological polar surface area (TPSA) is 82.1 Å². The zero-order chi connectivity index (χ0) is 16.1. The van der Waals surface area contributed by atoms with Gasteiger partial charge in [0.05, 0.1) is 26.4 Å². The highest BCUT2D eigenvalue weighted by Gasteiger charge is 2.41. The summed E-state index contributed by atoms with van der Waals surface area (Å²) in [6.45, 7) is 1.37. The molecule has 1 aromatic carbocycles. The van der Waals surface area contributed by atoms with Crippen LogP contribution in [0.3, 0.4) is 0 Å². The van der Waals surface area contributed by atoms with Crippen LogP contribution in [0.25, 0.3) is 0 Å². The number of ether oxygens (including phenoxy) is 3. The molecule has 2 aliphatic rings. The lowest BCUT2D eigenvalue weighted by Crippen LogP contribution is -2.39. The third kappa shape index (κ3) is 2.12. The summed E-state index contributed by atoms with van der Waals surface area (Å²) in [5.74, 6) is -1.34. The van der Waals surface area contributed by atoms with Gasteiger partial charge in [0.15, 0.2) is 17.4 Å². The Labute approximate surface area is 127 Å². The van der Waals surface area contributed by atoms with Gasteiger partial charge in [-0.15, -0.1) is 0 Å². The zero-order valence-electron chi connectivity index (χ0n) is 12.6. The summed E-state index contributed by atoms with van der Waals surface area (Å²) in [4.78, 5) is 25.4. The van der Waals surface area contributed by atoms with Gasteiger partial charge in [-0.1, -0.05) is 0 Å². The number of carbonyl (C=O) groups is 2. The number of carbonyl (C=O) groups excluding carboxylic acids is 2. The maximum Gasteiger partial charge on any atom is 0.196 e. The van der Waals surface area contributed by atoms with Gasteiger partial charge < -0.3 is 19.3 Å². The standard InChI is InChI=1S/C16H16O6/c1-16(19)6-10-11(7-22-16)15(18)13-9(14(10)17)4-8(20-2)5-12(13)21-3/h4-5,19H,6-7H2,1-3H3. The largest absolute Gasteiger partial charge is 0.497 e. The number of fused-ring (bicyclic) bond motifs is 1. The van der Waals surface area contributed by atoms with Gasteiger partial charge in [-0.05, 0) is 13.0 Å². The number of hydrogen-bond donors (Lipinski definition) is 1. The van der Waals surface area contributed by atoms with Crippen LogP contribution in [0.15, 0.2) is 23.3 Å². The molecule has 0 saturated heterocycles. The van der Waals surface area contributed by atoms with Crippen LogP contribution >= 0.6 is 0 Å². The van der Waals surface area contributed by atoms with Crippen molar-refractivity contribution in [3.63, 3.8) is 0 Å². The van der Waals surface area contributed by atoms with Crippen molar-refractivity contribution in [1.82, 2.24) is 0 Å². The molecule has 6 nitrogen and oxygen atoms in total. The predicted octanol–water partition coefficient (Wildman–Crippen LogP) is 1.51. The van der Waals surface area contributed by atoms with Gasteiger partial charge in [0, 0.05) is 29.2 Å². The molecule has 0 radical (unpaired) electrons. The van der Waals surface area contributed by atoms with Crippen molar-refractivity contribution in [2.24, 2.45) is 0 Å². The number of aliphatic hydroxyl groups is 1. The van der Waals surface area contributed by atoms with Crippen molar-refractivity contribution < 1.29 is 28.9 Å². The summed E-state index contributed by atoms with van der Waals surface area (Å²) >= 11 is 0. The molecule has 0 spiro atoms. The first-order valence-corrected chi connectivity index (χ1v) is 6.81. The summed E-state index contributed by atoms with van der Waals surface area (Å²) < 4.78 is 15.6. The Morgan fingerprint density at radius 3 is 2.50 bits per heavy atom. The fourth-order valence-corrected chi connectivity index (χ4v) is 2.82. The van der Waals surface area contributed by atoms with E-state index < -0.39 is 5.79 Å². The van der Waals surface area contributed by atoms with Crippen LogP contribution in [0, 0.1) is 0 Å². The van der Waals surface area contributed by atoms with Gasteiger partial charge in [-0.25, -0.2) is 0 Å². The highest BCUT2D eigenvalue weighted by Crippen LogP contribution is 2.40. The SMILES string of the molecule is COc1cc(OC)c2c(c1)C(=O)C1=C(COC(C)(O)C1)C2=O. The number of Topliss-reactive ketones (excluding diaryl/α,β-unsaturated/α-hetero) is 2. The molecule has 22 heavy (non-hydrogen) atoms. The number of rotatable bonds is 2. The smallest absolute Gasteiger partial charge is 0.196 e. The average molecular weight is 304 g/mol. The van der Waals surface area contributed by atoms with Crippen LogP contribution in [0.1, 0.15) is 34.1 Å². The van der Waals surface area contributed by atoms with E-state index >= 15 is 0 Å². The van der Waals surface area contributed by atoms with E-state index in [1.807, 2.05) is 0 Å². The van der Waals surface area contributed by atoms with E-state index in [1.165, 1.54) is 27.2 Å². The molecule has 1 atom stereocenters. The number of ketones is 2. The Bertz CT molecular complexity index is 714. The summed E-state index contributed by atoms with van der Waals surface area (Å²) in [6.07, 6.45) is -0.0220. The molecule has 116 valence electrons. The van der Waals surface area contributed by atoms with Crippen molar-refractivity contribution in [2.75, 3.05) is 20.8 Å². The molecule has 3 rings (SSSR count). The lowest BCUT2D eigenvalue weighted by molar-refractivity contribution is -0.187. The maximum atomic E-state index is 12.7. The van der Waals surface area contributed by atoms with Gasteiger partial charge in [0.25, 0.3) is 0 Å². The minimum absolute atomic E-state index is 0.0220. The van der Waals surface area contributed by atoms with Gasteiger partial charge in [-0.3, -0.25) is 9.59 Å². The molecule has 6 heteroatoms. The zero-order valence-corrected chi connectivity index (χ0v) is 12.6. The fourth-order valence-electron chi connectivity index (χ4n) is 2.82. The molecule has 1 N–H and O–H groups in total. The predicted molar refractivity (Wildman–Crippen MR) is 76.4 cm³/mol. The first-order valence-electron chi connectivity index (χ1n) is 6.81. The van der Waals surface area contributed by atoms with Gasteiger partial charge >= 0.3 is 0 Å². The quantitative estimate of drug-likeness (QED) is 0.892. The fraction of sp³-hybridized carbons (Fsp3) is 0.375. The van der Waals surface area contributed by atoms with Crippen LogP contribution in [0.5, 0.6) is 11.5 Å². The van der Waals surface area contributed by atoms with E-state index in [1.54, 1.807) is 6.07 Å². The minimum Gasteiger partial charge on any atom is -0.497 e. The molecule has 0 fully saturated rings. The molecule has 0 amide bonds. The molecule has 0 aromatic heterocycles. The van der Waals surface area contributed by atoms with Crippen LogP contribution in [0.4, 0.5) is 0 Å². The lowest BCUT2D eigenvalue weighted by Gasteiger charge is -2.33. The molecule has 1 heterocycles. The molecule has 1 unspecified atom stereocenters. The van der Waals surface area contributed by atoms with Crippen LogP contribution < -0.4 is 9.47 Å². The molecular weight excluding hydrogens is 288 g/mol. The third-order valence-corrected chi connectivity index (χ3v) is 3.95. The summed E-state index contributed by atoms with van der Waals surface area (Å²) in [5.41, 5.74) is 1.03. The van der Waals surface area contributed by atoms with Crippen LogP contribution in [-0.4, -0.2) is 43.3 Å². The van der Waals surface area contributed by atoms with E-state index in [0.29, 0.717) is 11.3 Å². The second-order valence-electron chi connectivity index (χ2n) is 5.51. The lowest BCUT2D eigenvalue weighted by atomic mass is 9.80. The first-order chi connectivity index (χ1) is 10.4. The van der Waals surface area contributed by atoms with Crippen LogP contribution in [-0.2, 0) is 4.74 Å². The van der Waals surface area contributed by atoms with Crippen molar-refractivity contribution in [3.05, 3.63) is 34.4 Å². The van der Waals surface area contributed by atoms with Gasteiger partial charge in [-0.2, -0.15) is 0 Å². The molecule has 1 aliphatic heterocycles. The third-order valence-electron chi connectivity index (χ3n) is 3.95. The van der Waals surface area contributed by atoms with Crippen molar-refractivity contribution in [2.45, 2.75) is 19.1 Å². The van der Waals surface area contributed by atoms with E-state index in [2.05, 4.69) is 0 Å². The maximum absolute atomic E-state index is 12.7. The Balaban J connectivity index is 2.20. The average Bonchev–Trinajstić information content (AvgIpc) is 2.50. The molecular formula is C16H16O6. The summed E-state index contributed by atoms with van der Waals surface area (Å²) in [5, 5.41) is 10.00. The van der Waals surface area contributed by atoms with E-state index in [0.717, 1.165) is 0 Å². The molecule has 0 bridgehead atoms. The minimum atomic E-state index is -1.45. The Kier molecular flexibility index (Phi) is 3.30. The second kappa shape index (κ2) is 4.93. The molecule has 0 saturated carbocycles. The number of methoxy groups -OCH3 is 2. The molecule has 1 aromatic rings. The summed E-state index contributed by atoms with van der Waals surface area (Å²) in [7, 11) is 2.90. The Morgan fingerprint density at radius 1 is 1.14 bits per heavy atom. The number of hydrogen-bond acceptors (Lipinski definition) is 6. The van der Waals surface area contributed by atoms with Gasteiger partial charge in [0.1, 0.15) is 11.5 Å². The Hall–Kier alpha value is -2.18.